The van der Waals surface area contributed by atoms with Crippen LogP contribution in [0.5, 0.6) is 0 Å². The molecule has 0 heterocycles. The van der Waals surface area contributed by atoms with Crippen LogP contribution in [0, 0.1) is 20.8 Å². The van der Waals surface area contributed by atoms with Crippen LogP contribution in [0.3, 0.4) is 0 Å². The van der Waals surface area contributed by atoms with Crippen LogP contribution >= 0.6 is 11.6 Å². The van der Waals surface area contributed by atoms with Crippen LogP contribution in [0.25, 0.3) is 0 Å². The van der Waals surface area contributed by atoms with Crippen molar-refractivity contribution in [3.8, 4) is 0 Å². The first-order valence-corrected chi connectivity index (χ1v) is 7.71. The van der Waals surface area contributed by atoms with E-state index < -0.39 is 0 Å². The minimum Gasteiger partial charge on any atom is -0.384 e. The second-order valence-electron chi connectivity index (χ2n) is 5.43. The Hall–Kier alpha value is -2.00. The molecule has 0 aromatic heterocycles. The summed E-state index contributed by atoms with van der Waals surface area (Å²) in [5.41, 5.74) is 5.24. The molecule has 0 aliphatic carbocycles. The van der Waals surface area contributed by atoms with E-state index in [1.165, 1.54) is 5.56 Å². The summed E-state index contributed by atoms with van der Waals surface area (Å²) in [6.45, 7) is 6.62. The van der Waals surface area contributed by atoms with E-state index in [0.29, 0.717) is 13.0 Å². The van der Waals surface area contributed by atoms with E-state index in [0.717, 1.165) is 27.5 Å². The average Bonchev–Trinajstić information content (AvgIpc) is 2.46. The second kappa shape index (κ2) is 7.32. The van der Waals surface area contributed by atoms with Crippen molar-refractivity contribution in [1.82, 2.24) is 0 Å². The number of rotatable bonds is 5. The highest BCUT2D eigenvalue weighted by Gasteiger charge is 2.06. The van der Waals surface area contributed by atoms with Crippen molar-refractivity contribution in [2.24, 2.45) is 0 Å². The first-order chi connectivity index (χ1) is 10.5. The highest BCUT2D eigenvalue weighted by atomic mass is 35.5. The molecule has 0 bridgehead atoms. The number of nitrogens with one attached hydrogen (secondary N) is 2. The fourth-order valence-electron chi connectivity index (χ4n) is 2.24. The number of aryl methyl sites for hydroxylation is 2. The van der Waals surface area contributed by atoms with Crippen LogP contribution in [0.2, 0.25) is 5.02 Å². The van der Waals surface area contributed by atoms with Gasteiger partial charge in [-0.2, -0.15) is 0 Å². The lowest BCUT2D eigenvalue weighted by Crippen LogP contribution is -2.17. The minimum absolute atomic E-state index is 0.00724. The quantitative estimate of drug-likeness (QED) is 0.839. The van der Waals surface area contributed by atoms with E-state index in [9.17, 15) is 4.79 Å². The van der Waals surface area contributed by atoms with Gasteiger partial charge in [-0.1, -0.05) is 23.7 Å². The zero-order valence-corrected chi connectivity index (χ0v) is 13.9. The Kier molecular flexibility index (Phi) is 5.45. The SMILES string of the molecule is Cc1cc(Cl)ccc1NCCC(=O)Nc1cccc(C)c1C. The maximum atomic E-state index is 12.0. The molecule has 2 aromatic rings. The normalized spacial score (nSPS) is 10.4. The lowest BCUT2D eigenvalue weighted by molar-refractivity contribution is -0.115. The summed E-state index contributed by atoms with van der Waals surface area (Å²) in [5.74, 6) is 0.00724. The number of benzene rings is 2. The van der Waals surface area contributed by atoms with E-state index >= 15 is 0 Å². The Morgan fingerprint density at radius 3 is 2.55 bits per heavy atom. The van der Waals surface area contributed by atoms with Crippen molar-refractivity contribution >= 4 is 28.9 Å². The number of amides is 1. The number of halogens is 1. The third kappa shape index (κ3) is 4.25. The number of anilines is 2. The largest absolute Gasteiger partial charge is 0.384 e. The molecule has 0 aliphatic rings. The van der Waals surface area contributed by atoms with E-state index in [-0.39, 0.29) is 5.91 Å². The molecule has 4 heteroatoms. The van der Waals surface area contributed by atoms with Crippen LogP contribution in [-0.2, 0) is 4.79 Å². The average molecular weight is 317 g/mol. The topological polar surface area (TPSA) is 41.1 Å². The van der Waals surface area contributed by atoms with Crippen LogP contribution < -0.4 is 10.6 Å². The Morgan fingerprint density at radius 1 is 1.05 bits per heavy atom. The summed E-state index contributed by atoms with van der Waals surface area (Å²) in [7, 11) is 0. The summed E-state index contributed by atoms with van der Waals surface area (Å²) in [4.78, 5) is 12.0. The number of hydrogen-bond donors (Lipinski definition) is 2. The summed E-state index contributed by atoms with van der Waals surface area (Å²) >= 11 is 5.93. The fraction of sp³-hybridized carbons (Fsp3) is 0.278. The molecule has 116 valence electrons. The number of carbonyl (C=O) groups is 1. The molecule has 0 fully saturated rings. The van der Waals surface area contributed by atoms with Gasteiger partial charge in [0.1, 0.15) is 0 Å². The fourth-order valence-corrected chi connectivity index (χ4v) is 2.46. The molecule has 0 radical (unpaired) electrons. The predicted molar refractivity (Wildman–Crippen MR) is 93.8 cm³/mol. The van der Waals surface area contributed by atoms with Gasteiger partial charge in [-0.05, 0) is 61.7 Å². The standard InChI is InChI=1S/C18H21ClN2O/c1-12-5-4-6-17(14(12)3)21-18(22)9-10-20-16-8-7-15(19)11-13(16)2/h4-8,11,20H,9-10H2,1-3H3,(H,21,22). The van der Waals surface area contributed by atoms with Crippen LogP contribution in [-0.4, -0.2) is 12.5 Å². The van der Waals surface area contributed by atoms with Gasteiger partial charge in [0.05, 0.1) is 0 Å². The van der Waals surface area contributed by atoms with Crippen molar-refractivity contribution in [2.75, 3.05) is 17.2 Å². The van der Waals surface area contributed by atoms with Crippen molar-refractivity contribution in [2.45, 2.75) is 27.2 Å². The van der Waals surface area contributed by atoms with Gasteiger partial charge in [0.25, 0.3) is 0 Å². The highest BCUT2D eigenvalue weighted by Crippen LogP contribution is 2.20. The van der Waals surface area contributed by atoms with Crippen LogP contribution in [0.1, 0.15) is 23.1 Å². The van der Waals surface area contributed by atoms with Gasteiger partial charge in [0.15, 0.2) is 0 Å². The molecule has 0 saturated heterocycles. The highest BCUT2D eigenvalue weighted by molar-refractivity contribution is 6.30. The minimum atomic E-state index is 0.00724. The molecule has 22 heavy (non-hydrogen) atoms. The molecule has 0 saturated carbocycles. The lowest BCUT2D eigenvalue weighted by atomic mass is 10.1. The molecule has 2 N–H and O–H groups in total. The molecule has 0 aliphatic heterocycles. The van der Waals surface area contributed by atoms with E-state index in [4.69, 9.17) is 11.6 Å². The van der Waals surface area contributed by atoms with Gasteiger partial charge in [-0.25, -0.2) is 0 Å². The van der Waals surface area contributed by atoms with E-state index in [1.807, 2.05) is 57.2 Å². The molecule has 0 unspecified atom stereocenters. The molecule has 2 aromatic carbocycles. The molecule has 0 spiro atoms. The molecule has 2 rings (SSSR count). The summed E-state index contributed by atoms with van der Waals surface area (Å²) in [5, 5.41) is 6.94. The molecule has 0 atom stereocenters. The number of hydrogen-bond acceptors (Lipinski definition) is 2. The maximum Gasteiger partial charge on any atom is 0.226 e. The molecular weight excluding hydrogens is 296 g/mol. The maximum absolute atomic E-state index is 12.0. The van der Waals surface area contributed by atoms with Crippen molar-refractivity contribution in [3.05, 3.63) is 58.1 Å². The van der Waals surface area contributed by atoms with Crippen molar-refractivity contribution in [1.29, 1.82) is 0 Å². The lowest BCUT2D eigenvalue weighted by Gasteiger charge is -2.12. The smallest absolute Gasteiger partial charge is 0.226 e. The molecule has 3 nitrogen and oxygen atoms in total. The Labute approximate surface area is 136 Å². The van der Waals surface area contributed by atoms with Gasteiger partial charge in [0, 0.05) is 29.4 Å². The van der Waals surface area contributed by atoms with Crippen molar-refractivity contribution in [3.63, 3.8) is 0 Å². The third-order valence-electron chi connectivity index (χ3n) is 3.73. The van der Waals surface area contributed by atoms with Crippen LogP contribution in [0.4, 0.5) is 11.4 Å². The second-order valence-corrected chi connectivity index (χ2v) is 5.87. The van der Waals surface area contributed by atoms with Gasteiger partial charge in [0.2, 0.25) is 5.91 Å². The molecular formula is C18H21ClN2O. The van der Waals surface area contributed by atoms with Gasteiger partial charge < -0.3 is 10.6 Å². The van der Waals surface area contributed by atoms with E-state index in [2.05, 4.69) is 10.6 Å². The Bertz CT molecular complexity index is 683. The predicted octanol–water partition coefficient (Wildman–Crippen LogP) is 4.71. The van der Waals surface area contributed by atoms with Gasteiger partial charge in [-0.15, -0.1) is 0 Å². The molecule has 1 amide bonds. The zero-order valence-electron chi connectivity index (χ0n) is 13.2. The first-order valence-electron chi connectivity index (χ1n) is 7.33. The van der Waals surface area contributed by atoms with Gasteiger partial charge in [-0.3, -0.25) is 4.79 Å². The summed E-state index contributed by atoms with van der Waals surface area (Å²) in [6, 6.07) is 11.6. The Morgan fingerprint density at radius 2 is 1.82 bits per heavy atom. The summed E-state index contributed by atoms with van der Waals surface area (Å²) in [6.07, 6.45) is 0.412. The van der Waals surface area contributed by atoms with Crippen LogP contribution in [0.15, 0.2) is 36.4 Å². The third-order valence-corrected chi connectivity index (χ3v) is 3.97. The first kappa shape index (κ1) is 16.4. The zero-order chi connectivity index (χ0) is 16.1. The number of carbonyl (C=O) groups excluding carboxylic acids is 1. The monoisotopic (exact) mass is 316 g/mol. The van der Waals surface area contributed by atoms with E-state index in [1.54, 1.807) is 0 Å². The Balaban J connectivity index is 1.87. The summed E-state index contributed by atoms with van der Waals surface area (Å²) < 4.78 is 0. The van der Waals surface area contributed by atoms with Crippen molar-refractivity contribution < 1.29 is 4.79 Å². The van der Waals surface area contributed by atoms with Gasteiger partial charge >= 0.3 is 0 Å².